The Balaban J connectivity index is 2.23. The number of anilines is 2. The summed E-state index contributed by atoms with van der Waals surface area (Å²) in [6.07, 6.45) is 1.64. The molecule has 90 valence electrons. The summed E-state index contributed by atoms with van der Waals surface area (Å²) < 4.78 is 0. The molecule has 0 amide bonds. The van der Waals surface area contributed by atoms with Crippen molar-refractivity contribution >= 4 is 34.4 Å². The zero-order chi connectivity index (χ0) is 12.3. The lowest BCUT2D eigenvalue weighted by Gasteiger charge is -2.22. The summed E-state index contributed by atoms with van der Waals surface area (Å²) in [5.41, 5.74) is 6.23. The average Bonchev–Trinajstić information content (AvgIpc) is 2.79. The van der Waals surface area contributed by atoms with Gasteiger partial charge in [0.15, 0.2) is 0 Å². The van der Waals surface area contributed by atoms with Crippen LogP contribution in [0.5, 0.6) is 0 Å². The summed E-state index contributed by atoms with van der Waals surface area (Å²) in [7, 11) is 0. The molecule has 0 aromatic carbocycles. The molecule has 0 aliphatic carbocycles. The zero-order valence-electron chi connectivity index (χ0n) is 9.56. The fraction of sp³-hybridized carbons (Fsp3) is 0.250. The van der Waals surface area contributed by atoms with Crippen LogP contribution in [0.1, 0.15) is 11.8 Å². The first-order chi connectivity index (χ1) is 8.20. The van der Waals surface area contributed by atoms with Gasteiger partial charge < -0.3 is 10.6 Å². The highest BCUT2D eigenvalue weighted by molar-refractivity contribution is 7.09. The summed E-state index contributed by atoms with van der Waals surface area (Å²) in [5, 5.41) is 2.67. The van der Waals surface area contributed by atoms with Gasteiger partial charge in [-0.2, -0.15) is 0 Å². The van der Waals surface area contributed by atoms with Gasteiger partial charge in [-0.05, 0) is 24.4 Å². The van der Waals surface area contributed by atoms with E-state index in [2.05, 4.69) is 28.3 Å². The van der Waals surface area contributed by atoms with Crippen molar-refractivity contribution in [1.29, 1.82) is 0 Å². The number of pyridine rings is 1. The predicted octanol–water partition coefficient (Wildman–Crippen LogP) is 3.41. The molecule has 2 heterocycles. The van der Waals surface area contributed by atoms with Gasteiger partial charge in [-0.3, -0.25) is 0 Å². The van der Waals surface area contributed by atoms with Crippen LogP contribution in [0, 0.1) is 0 Å². The summed E-state index contributed by atoms with van der Waals surface area (Å²) in [4.78, 5) is 7.73. The van der Waals surface area contributed by atoms with Crippen molar-refractivity contribution in [2.75, 3.05) is 17.2 Å². The van der Waals surface area contributed by atoms with E-state index in [4.69, 9.17) is 17.3 Å². The van der Waals surface area contributed by atoms with Crippen molar-refractivity contribution < 1.29 is 0 Å². The first kappa shape index (κ1) is 12.2. The molecule has 0 radical (unpaired) electrons. The number of aromatic nitrogens is 1. The molecule has 0 spiro atoms. The molecule has 0 aliphatic heterocycles. The monoisotopic (exact) mass is 267 g/mol. The smallest absolute Gasteiger partial charge is 0.147 e. The number of nitrogens with two attached hydrogens (primary N) is 1. The third-order valence-corrected chi connectivity index (χ3v) is 3.59. The maximum Gasteiger partial charge on any atom is 0.147 e. The quantitative estimate of drug-likeness (QED) is 0.923. The molecule has 3 nitrogen and oxygen atoms in total. The second-order valence-corrected chi connectivity index (χ2v) is 5.11. The minimum Gasteiger partial charge on any atom is -0.397 e. The number of rotatable bonds is 4. The van der Waals surface area contributed by atoms with Crippen LogP contribution in [0.25, 0.3) is 0 Å². The molecule has 17 heavy (non-hydrogen) atoms. The Hall–Kier alpha value is -1.26. The van der Waals surface area contributed by atoms with Gasteiger partial charge in [0.25, 0.3) is 0 Å². The Morgan fingerprint density at radius 3 is 2.94 bits per heavy atom. The third kappa shape index (κ3) is 2.90. The van der Waals surface area contributed by atoms with Crippen LogP contribution in [-0.2, 0) is 6.54 Å². The maximum atomic E-state index is 6.16. The van der Waals surface area contributed by atoms with Crippen molar-refractivity contribution in [3.05, 3.63) is 39.7 Å². The van der Waals surface area contributed by atoms with E-state index in [1.165, 1.54) is 4.88 Å². The molecule has 0 saturated heterocycles. The first-order valence-electron chi connectivity index (χ1n) is 5.39. The number of nitrogen functional groups attached to an aromatic ring is 1. The molecule has 0 fully saturated rings. The zero-order valence-corrected chi connectivity index (χ0v) is 11.1. The van der Waals surface area contributed by atoms with Crippen LogP contribution in [0.2, 0.25) is 5.02 Å². The van der Waals surface area contributed by atoms with Crippen molar-refractivity contribution in [3.8, 4) is 0 Å². The lowest BCUT2D eigenvalue weighted by atomic mass is 10.3. The Labute approximate surface area is 110 Å². The van der Waals surface area contributed by atoms with Gasteiger partial charge in [-0.25, -0.2) is 4.98 Å². The normalized spacial score (nSPS) is 10.5. The van der Waals surface area contributed by atoms with Crippen molar-refractivity contribution in [1.82, 2.24) is 4.98 Å². The Morgan fingerprint density at radius 1 is 1.53 bits per heavy atom. The minimum absolute atomic E-state index is 0.589. The van der Waals surface area contributed by atoms with Gasteiger partial charge in [0.05, 0.1) is 23.5 Å². The molecule has 0 saturated carbocycles. The SMILES string of the molecule is CCN(Cc1cccs1)c1ncc(N)cc1Cl. The standard InChI is InChI=1S/C12H14ClN3S/c1-2-16(8-10-4-3-5-17-10)12-11(13)6-9(14)7-15-12/h3-7H,2,8,14H2,1H3. The summed E-state index contributed by atoms with van der Waals surface area (Å²) >= 11 is 7.90. The van der Waals surface area contributed by atoms with E-state index in [1.54, 1.807) is 23.6 Å². The van der Waals surface area contributed by atoms with Crippen LogP contribution in [-0.4, -0.2) is 11.5 Å². The largest absolute Gasteiger partial charge is 0.397 e. The highest BCUT2D eigenvalue weighted by Crippen LogP contribution is 2.26. The molecule has 0 unspecified atom stereocenters. The minimum atomic E-state index is 0.589. The molecule has 5 heteroatoms. The highest BCUT2D eigenvalue weighted by Gasteiger charge is 2.11. The number of halogens is 1. The second kappa shape index (κ2) is 5.38. The summed E-state index contributed by atoms with van der Waals surface area (Å²) in [6, 6.07) is 5.89. The van der Waals surface area contributed by atoms with E-state index in [0.717, 1.165) is 18.9 Å². The van der Waals surface area contributed by atoms with E-state index >= 15 is 0 Å². The highest BCUT2D eigenvalue weighted by atomic mass is 35.5. The van der Waals surface area contributed by atoms with E-state index in [0.29, 0.717) is 10.7 Å². The Bertz CT molecular complexity index is 485. The Kier molecular flexibility index (Phi) is 3.86. The topological polar surface area (TPSA) is 42.2 Å². The van der Waals surface area contributed by atoms with Crippen molar-refractivity contribution in [2.45, 2.75) is 13.5 Å². The van der Waals surface area contributed by atoms with E-state index in [-0.39, 0.29) is 0 Å². The van der Waals surface area contributed by atoms with Gasteiger partial charge in [-0.15, -0.1) is 11.3 Å². The lowest BCUT2D eigenvalue weighted by Crippen LogP contribution is -2.22. The van der Waals surface area contributed by atoms with Crippen LogP contribution in [0.4, 0.5) is 11.5 Å². The van der Waals surface area contributed by atoms with Crippen LogP contribution >= 0.6 is 22.9 Å². The predicted molar refractivity (Wildman–Crippen MR) is 74.7 cm³/mol. The second-order valence-electron chi connectivity index (χ2n) is 3.67. The van der Waals surface area contributed by atoms with Crippen molar-refractivity contribution in [2.24, 2.45) is 0 Å². The number of hydrogen-bond donors (Lipinski definition) is 1. The number of thiophene rings is 1. The molecule has 2 aromatic heterocycles. The van der Waals surface area contributed by atoms with Crippen LogP contribution in [0.15, 0.2) is 29.8 Å². The number of nitrogens with zero attached hydrogens (tertiary/aromatic N) is 2. The molecule has 0 bridgehead atoms. The van der Waals surface area contributed by atoms with Crippen molar-refractivity contribution in [3.63, 3.8) is 0 Å². The molecule has 0 atom stereocenters. The molecule has 2 N–H and O–H groups in total. The van der Waals surface area contributed by atoms with E-state index < -0.39 is 0 Å². The summed E-state index contributed by atoms with van der Waals surface area (Å²) in [6.45, 7) is 3.77. The van der Waals surface area contributed by atoms with Gasteiger partial charge >= 0.3 is 0 Å². The molecule has 2 rings (SSSR count). The molecular formula is C12H14ClN3S. The van der Waals surface area contributed by atoms with E-state index in [1.807, 2.05) is 6.07 Å². The fourth-order valence-electron chi connectivity index (χ4n) is 1.61. The van der Waals surface area contributed by atoms with Crippen LogP contribution < -0.4 is 10.6 Å². The lowest BCUT2D eigenvalue weighted by molar-refractivity contribution is 0.824. The maximum absolute atomic E-state index is 6.16. The van der Waals surface area contributed by atoms with E-state index in [9.17, 15) is 0 Å². The third-order valence-electron chi connectivity index (χ3n) is 2.45. The van der Waals surface area contributed by atoms with Gasteiger partial charge in [-0.1, -0.05) is 17.7 Å². The molecule has 2 aromatic rings. The van der Waals surface area contributed by atoms with Crippen LogP contribution in [0.3, 0.4) is 0 Å². The molecular weight excluding hydrogens is 254 g/mol. The van der Waals surface area contributed by atoms with Gasteiger partial charge in [0, 0.05) is 11.4 Å². The fourth-order valence-corrected chi connectivity index (χ4v) is 2.62. The van der Waals surface area contributed by atoms with Gasteiger partial charge in [0.1, 0.15) is 5.82 Å². The Morgan fingerprint density at radius 2 is 2.35 bits per heavy atom. The summed E-state index contributed by atoms with van der Waals surface area (Å²) in [5.74, 6) is 0.789. The van der Waals surface area contributed by atoms with Gasteiger partial charge in [0.2, 0.25) is 0 Å². The first-order valence-corrected chi connectivity index (χ1v) is 6.64. The molecule has 0 aliphatic rings. The number of hydrogen-bond acceptors (Lipinski definition) is 4. The average molecular weight is 268 g/mol.